The summed E-state index contributed by atoms with van der Waals surface area (Å²) in [6, 6.07) is 10.4. The molecule has 1 aromatic rings. The third-order valence-electron chi connectivity index (χ3n) is 2.70. The molecule has 0 aliphatic carbocycles. The molecule has 0 radical (unpaired) electrons. The number of allylic oxidation sites excluding steroid dienone is 1. The van der Waals surface area contributed by atoms with Crippen molar-refractivity contribution in [1.29, 1.82) is 0 Å². The van der Waals surface area contributed by atoms with Gasteiger partial charge in [0.05, 0.1) is 5.71 Å². The van der Waals surface area contributed by atoms with Crippen LogP contribution < -0.4 is 0 Å². The molecule has 0 amide bonds. The van der Waals surface area contributed by atoms with E-state index in [4.69, 9.17) is 0 Å². The summed E-state index contributed by atoms with van der Waals surface area (Å²) in [4.78, 5) is 4.56. The molecule has 1 unspecified atom stereocenters. The van der Waals surface area contributed by atoms with Crippen LogP contribution in [0.1, 0.15) is 25.3 Å². The topological polar surface area (TPSA) is 12.4 Å². The summed E-state index contributed by atoms with van der Waals surface area (Å²) in [7, 11) is 0. The molecule has 0 spiro atoms. The van der Waals surface area contributed by atoms with Crippen molar-refractivity contribution >= 4 is 5.71 Å². The number of hydrogen-bond acceptors (Lipinski definition) is 1. The second-order valence-electron chi connectivity index (χ2n) is 3.93. The molecule has 1 aliphatic heterocycles. The first kappa shape index (κ1) is 9.20. The summed E-state index contributed by atoms with van der Waals surface area (Å²) in [6.07, 6.45) is 4.08. The molecule has 1 nitrogen and oxygen atoms in total. The van der Waals surface area contributed by atoms with Crippen LogP contribution >= 0.6 is 0 Å². The number of aliphatic imine (C=N–C) groups is 1. The van der Waals surface area contributed by atoms with E-state index in [2.05, 4.69) is 42.8 Å². The molecule has 1 aromatic carbocycles. The highest BCUT2D eigenvalue weighted by molar-refractivity contribution is 6.16. The third kappa shape index (κ3) is 1.63. The van der Waals surface area contributed by atoms with Crippen molar-refractivity contribution in [1.82, 2.24) is 0 Å². The molecule has 72 valence electrons. The molecule has 0 bridgehead atoms. The van der Waals surface area contributed by atoms with Gasteiger partial charge in [-0.05, 0) is 25.3 Å². The predicted octanol–water partition coefficient (Wildman–Crippen LogP) is 3.21. The minimum absolute atomic E-state index is 0.0928. The maximum atomic E-state index is 4.56. The Labute approximate surface area is 85.2 Å². The normalized spacial score (nSPS) is 24.2. The molecule has 0 saturated carbocycles. The first-order valence-electron chi connectivity index (χ1n) is 5.03. The molecule has 0 N–H and O–H groups in total. The van der Waals surface area contributed by atoms with E-state index in [1.165, 1.54) is 11.3 Å². The first-order valence-corrected chi connectivity index (χ1v) is 5.03. The van der Waals surface area contributed by atoms with E-state index in [1.807, 2.05) is 12.1 Å². The van der Waals surface area contributed by atoms with Crippen LogP contribution in [0.3, 0.4) is 0 Å². The van der Waals surface area contributed by atoms with Gasteiger partial charge in [-0.1, -0.05) is 36.4 Å². The lowest BCUT2D eigenvalue weighted by Gasteiger charge is -2.06. The molecule has 0 saturated heterocycles. The molecule has 1 aliphatic rings. The highest BCUT2D eigenvalue weighted by atomic mass is 15.0. The van der Waals surface area contributed by atoms with Crippen LogP contribution in [0.25, 0.3) is 0 Å². The molecular weight excluding hydrogens is 170 g/mol. The van der Waals surface area contributed by atoms with Crippen LogP contribution in [-0.2, 0) is 0 Å². The van der Waals surface area contributed by atoms with Crippen molar-refractivity contribution in [3.05, 3.63) is 48.6 Å². The zero-order valence-corrected chi connectivity index (χ0v) is 8.53. The largest absolute Gasteiger partial charge is 0.274 e. The summed E-state index contributed by atoms with van der Waals surface area (Å²) in [5, 5.41) is 0. The fourth-order valence-electron chi connectivity index (χ4n) is 1.75. The van der Waals surface area contributed by atoms with Gasteiger partial charge in [0.1, 0.15) is 5.54 Å². The van der Waals surface area contributed by atoms with Crippen LogP contribution in [0.15, 0.2) is 48.0 Å². The summed E-state index contributed by atoms with van der Waals surface area (Å²) >= 11 is 0. The quantitative estimate of drug-likeness (QED) is 0.639. The Morgan fingerprint density at radius 1 is 1.36 bits per heavy atom. The fraction of sp³-hybridized carbons (Fsp3) is 0.308. The average molecular weight is 185 g/mol. The van der Waals surface area contributed by atoms with E-state index < -0.39 is 0 Å². The van der Waals surface area contributed by atoms with E-state index >= 15 is 0 Å². The van der Waals surface area contributed by atoms with Crippen LogP contribution in [0.4, 0.5) is 0 Å². The molecule has 2 rings (SSSR count). The zero-order valence-electron chi connectivity index (χ0n) is 8.53. The Kier molecular flexibility index (Phi) is 2.24. The van der Waals surface area contributed by atoms with E-state index in [0.29, 0.717) is 0 Å². The van der Waals surface area contributed by atoms with Crippen LogP contribution in [0.2, 0.25) is 0 Å². The van der Waals surface area contributed by atoms with Crippen molar-refractivity contribution in [2.45, 2.75) is 25.3 Å². The molecular formula is C13H15N. The minimum Gasteiger partial charge on any atom is -0.274 e. The number of nitrogens with zero attached hydrogens (tertiary/aromatic N) is 1. The van der Waals surface area contributed by atoms with Crippen molar-refractivity contribution in [2.24, 2.45) is 4.99 Å². The van der Waals surface area contributed by atoms with Crippen molar-refractivity contribution < 1.29 is 0 Å². The van der Waals surface area contributed by atoms with Crippen molar-refractivity contribution in [3.8, 4) is 0 Å². The van der Waals surface area contributed by atoms with Crippen molar-refractivity contribution in [2.75, 3.05) is 0 Å². The maximum absolute atomic E-state index is 4.56. The van der Waals surface area contributed by atoms with Gasteiger partial charge in [-0.2, -0.15) is 0 Å². The van der Waals surface area contributed by atoms with Gasteiger partial charge in [-0.3, -0.25) is 4.99 Å². The number of rotatable bonds is 4. The van der Waals surface area contributed by atoms with Gasteiger partial charge >= 0.3 is 0 Å². The number of benzene rings is 1. The lowest BCUT2D eigenvalue weighted by Crippen LogP contribution is -2.13. The van der Waals surface area contributed by atoms with Crippen LogP contribution in [0.5, 0.6) is 0 Å². The van der Waals surface area contributed by atoms with Gasteiger partial charge in [0.2, 0.25) is 0 Å². The second-order valence-corrected chi connectivity index (χ2v) is 3.93. The Hall–Kier alpha value is -1.37. The molecule has 1 atom stereocenters. The Morgan fingerprint density at radius 3 is 2.71 bits per heavy atom. The highest BCUT2D eigenvalue weighted by Crippen LogP contribution is 2.36. The average Bonchev–Trinajstić information content (AvgIpc) is 2.90. The standard InChI is InChI=1S/C13H15N/c1-3-4-10-13(2)12(14-13)11-8-6-5-7-9-11/h3,5-9H,1,4,10H2,2H3. The number of hydrogen-bond donors (Lipinski definition) is 0. The Balaban J connectivity index is 2.04. The van der Waals surface area contributed by atoms with E-state index in [9.17, 15) is 0 Å². The van der Waals surface area contributed by atoms with Gasteiger partial charge in [0.15, 0.2) is 0 Å². The summed E-state index contributed by atoms with van der Waals surface area (Å²) < 4.78 is 0. The smallest absolute Gasteiger partial charge is 0.101 e. The third-order valence-corrected chi connectivity index (χ3v) is 2.70. The van der Waals surface area contributed by atoms with Gasteiger partial charge in [0.25, 0.3) is 0 Å². The lowest BCUT2D eigenvalue weighted by atomic mass is 9.95. The molecule has 0 aromatic heterocycles. The lowest BCUT2D eigenvalue weighted by molar-refractivity contribution is 0.662. The fourth-order valence-corrected chi connectivity index (χ4v) is 1.75. The zero-order chi connectivity index (χ0) is 10.0. The second kappa shape index (κ2) is 3.41. The predicted molar refractivity (Wildman–Crippen MR) is 60.8 cm³/mol. The van der Waals surface area contributed by atoms with Gasteiger partial charge in [-0.15, -0.1) is 6.58 Å². The van der Waals surface area contributed by atoms with Crippen LogP contribution in [-0.4, -0.2) is 11.3 Å². The summed E-state index contributed by atoms with van der Waals surface area (Å²) in [6.45, 7) is 5.93. The molecule has 1 heterocycles. The summed E-state index contributed by atoms with van der Waals surface area (Å²) in [5.74, 6) is 0. The highest BCUT2D eigenvalue weighted by Gasteiger charge is 2.41. The molecule has 14 heavy (non-hydrogen) atoms. The maximum Gasteiger partial charge on any atom is 0.101 e. The van der Waals surface area contributed by atoms with E-state index in [1.54, 1.807) is 0 Å². The van der Waals surface area contributed by atoms with E-state index in [-0.39, 0.29) is 5.54 Å². The monoisotopic (exact) mass is 185 g/mol. The Bertz CT molecular complexity index is 364. The van der Waals surface area contributed by atoms with Crippen molar-refractivity contribution in [3.63, 3.8) is 0 Å². The Morgan fingerprint density at radius 2 is 2.07 bits per heavy atom. The summed E-state index contributed by atoms with van der Waals surface area (Å²) in [5.41, 5.74) is 2.61. The van der Waals surface area contributed by atoms with Gasteiger partial charge in [-0.25, -0.2) is 0 Å². The van der Waals surface area contributed by atoms with Gasteiger partial charge < -0.3 is 0 Å². The SMILES string of the molecule is C=CCCC1(C)N=C1c1ccccc1. The molecule has 1 heteroatoms. The first-order chi connectivity index (χ1) is 6.76. The minimum atomic E-state index is 0.0928. The van der Waals surface area contributed by atoms with Crippen LogP contribution in [0, 0.1) is 0 Å². The van der Waals surface area contributed by atoms with Gasteiger partial charge in [0, 0.05) is 0 Å². The van der Waals surface area contributed by atoms with E-state index in [0.717, 1.165) is 12.8 Å². The molecule has 0 fully saturated rings.